The lowest BCUT2D eigenvalue weighted by molar-refractivity contribution is -0.144. The second kappa shape index (κ2) is 7.06. The number of benzene rings is 1. The topological polar surface area (TPSA) is 119 Å². The predicted octanol–water partition coefficient (Wildman–Crippen LogP) is 2.29. The Morgan fingerprint density at radius 3 is 2.69 bits per heavy atom. The highest BCUT2D eigenvalue weighted by Crippen LogP contribution is 2.35. The summed E-state index contributed by atoms with van der Waals surface area (Å²) >= 11 is 0. The van der Waals surface area contributed by atoms with Crippen LogP contribution in [0.25, 0.3) is 21.9 Å². The number of hydrogen-bond donors (Lipinski definition) is 2. The summed E-state index contributed by atoms with van der Waals surface area (Å²) in [5, 5.41) is 22.6. The van der Waals surface area contributed by atoms with Gasteiger partial charge in [-0.15, -0.1) is 0 Å². The molecule has 0 aliphatic carbocycles. The normalized spacial score (nSPS) is 19.8. The molecule has 2 aromatic heterocycles. The number of carbonyl (C=O) groups excluding carboxylic acids is 1. The Bertz CT molecular complexity index is 1170. The molecule has 29 heavy (non-hydrogen) atoms. The molecule has 0 fully saturated rings. The molecule has 1 aromatic carbocycles. The van der Waals surface area contributed by atoms with Gasteiger partial charge in [0.1, 0.15) is 18.8 Å². The summed E-state index contributed by atoms with van der Waals surface area (Å²) in [6.45, 7) is 2.76. The van der Waals surface area contributed by atoms with Gasteiger partial charge in [-0.2, -0.15) is 0 Å². The van der Waals surface area contributed by atoms with Crippen LogP contribution in [-0.2, 0) is 9.53 Å². The molecule has 1 aliphatic heterocycles. The van der Waals surface area contributed by atoms with Gasteiger partial charge >= 0.3 is 11.6 Å². The molecule has 1 aliphatic rings. The smallest absolute Gasteiger partial charge is 0.336 e. The van der Waals surface area contributed by atoms with Gasteiger partial charge < -0.3 is 28.5 Å². The van der Waals surface area contributed by atoms with Crippen molar-refractivity contribution in [2.24, 2.45) is 0 Å². The third-order valence-corrected chi connectivity index (χ3v) is 5.02. The molecule has 0 amide bonds. The van der Waals surface area contributed by atoms with Gasteiger partial charge in [0.05, 0.1) is 11.9 Å². The second-order valence-corrected chi connectivity index (χ2v) is 7.40. The number of ether oxygens (including phenoxy) is 2. The Hall–Kier alpha value is -3.10. The molecular formula is C21H20O8. The van der Waals surface area contributed by atoms with Gasteiger partial charge in [-0.25, -0.2) is 9.59 Å². The van der Waals surface area contributed by atoms with Crippen molar-refractivity contribution in [1.29, 1.82) is 0 Å². The Morgan fingerprint density at radius 2 is 1.97 bits per heavy atom. The van der Waals surface area contributed by atoms with Crippen molar-refractivity contribution >= 4 is 27.9 Å². The summed E-state index contributed by atoms with van der Waals surface area (Å²) in [5.41, 5.74) is -1.13. The fourth-order valence-electron chi connectivity index (χ4n) is 3.33. The van der Waals surface area contributed by atoms with E-state index in [2.05, 4.69) is 0 Å². The summed E-state index contributed by atoms with van der Waals surface area (Å²) in [6.07, 6.45) is 1.15. The van der Waals surface area contributed by atoms with Gasteiger partial charge in [0.2, 0.25) is 5.75 Å². The lowest BCUT2D eigenvalue weighted by Gasteiger charge is -2.30. The average molecular weight is 400 g/mol. The molecule has 0 spiro atoms. The highest BCUT2D eigenvalue weighted by atomic mass is 16.5. The van der Waals surface area contributed by atoms with Crippen molar-refractivity contribution in [2.75, 3.05) is 6.61 Å². The number of cyclic esters (lactones) is 1. The van der Waals surface area contributed by atoms with Crippen LogP contribution < -0.4 is 10.4 Å². The highest BCUT2D eigenvalue weighted by molar-refractivity contribution is 5.99. The van der Waals surface area contributed by atoms with Crippen molar-refractivity contribution in [3.63, 3.8) is 0 Å². The van der Waals surface area contributed by atoms with Crippen LogP contribution in [0, 0.1) is 0 Å². The number of rotatable bonds is 6. The van der Waals surface area contributed by atoms with E-state index in [1.54, 1.807) is 31.2 Å². The molecule has 0 saturated heterocycles. The largest absolute Gasteiger partial charge is 0.483 e. The first-order valence-electron chi connectivity index (χ1n) is 9.11. The maximum absolute atomic E-state index is 11.7. The monoisotopic (exact) mass is 400 g/mol. The van der Waals surface area contributed by atoms with Crippen molar-refractivity contribution in [1.82, 2.24) is 0 Å². The number of hydrogen-bond acceptors (Lipinski definition) is 8. The minimum absolute atomic E-state index is 0.00138. The first-order valence-corrected chi connectivity index (χ1v) is 9.11. The standard InChI is InChI=1S/C21H20O8/c1-11-7-14(28-20(11)24)9-21(2,25)15(22)10-27-19-17-13(5-6-26-17)8-12-3-4-16(23)29-18(12)19/h3-8,14-15,22,25H,9-10H2,1-2H3. The zero-order chi connectivity index (χ0) is 20.8. The lowest BCUT2D eigenvalue weighted by atomic mass is 9.92. The van der Waals surface area contributed by atoms with E-state index in [0.29, 0.717) is 16.5 Å². The zero-order valence-corrected chi connectivity index (χ0v) is 15.9. The summed E-state index contributed by atoms with van der Waals surface area (Å²) in [5.74, 6) is -0.277. The van der Waals surface area contributed by atoms with E-state index in [1.165, 1.54) is 19.3 Å². The van der Waals surface area contributed by atoms with Crippen LogP contribution in [0.2, 0.25) is 0 Å². The zero-order valence-electron chi connectivity index (χ0n) is 15.9. The van der Waals surface area contributed by atoms with E-state index in [0.717, 1.165) is 5.39 Å². The van der Waals surface area contributed by atoms with Crippen LogP contribution in [0.4, 0.5) is 0 Å². The minimum Gasteiger partial charge on any atom is -0.483 e. The summed E-state index contributed by atoms with van der Waals surface area (Å²) in [7, 11) is 0. The molecule has 2 N–H and O–H groups in total. The van der Waals surface area contributed by atoms with E-state index >= 15 is 0 Å². The maximum Gasteiger partial charge on any atom is 0.336 e. The Labute approximate surface area is 164 Å². The molecule has 0 saturated carbocycles. The fraction of sp³-hybridized carbons (Fsp3) is 0.333. The summed E-state index contributed by atoms with van der Waals surface area (Å²) < 4.78 is 21.6. The van der Waals surface area contributed by atoms with Crippen molar-refractivity contribution in [2.45, 2.75) is 38.1 Å². The van der Waals surface area contributed by atoms with E-state index in [-0.39, 0.29) is 24.4 Å². The third-order valence-electron chi connectivity index (χ3n) is 5.02. The van der Waals surface area contributed by atoms with Crippen LogP contribution >= 0.6 is 0 Å². The van der Waals surface area contributed by atoms with Gasteiger partial charge in [0.15, 0.2) is 11.2 Å². The molecule has 8 nitrogen and oxygen atoms in total. The van der Waals surface area contributed by atoms with E-state index in [9.17, 15) is 19.8 Å². The van der Waals surface area contributed by atoms with Crippen LogP contribution in [0.3, 0.4) is 0 Å². The number of aliphatic hydroxyl groups excluding tert-OH is 1. The first-order chi connectivity index (χ1) is 13.7. The second-order valence-electron chi connectivity index (χ2n) is 7.40. The number of furan rings is 1. The van der Waals surface area contributed by atoms with E-state index in [1.807, 2.05) is 0 Å². The average Bonchev–Trinajstić information content (AvgIpc) is 3.24. The Balaban J connectivity index is 1.57. The molecule has 3 heterocycles. The summed E-state index contributed by atoms with van der Waals surface area (Å²) in [4.78, 5) is 23.2. The number of carbonyl (C=O) groups is 1. The lowest BCUT2D eigenvalue weighted by Crippen LogP contribution is -2.45. The molecule has 0 radical (unpaired) electrons. The SMILES string of the molecule is CC1=CC(CC(C)(O)C(O)COc2c3occc3cc3ccc(=O)oc23)OC1=O. The van der Waals surface area contributed by atoms with Crippen molar-refractivity contribution < 1.29 is 33.3 Å². The van der Waals surface area contributed by atoms with Crippen LogP contribution in [0.5, 0.6) is 5.75 Å². The Morgan fingerprint density at radius 1 is 1.21 bits per heavy atom. The molecule has 3 unspecified atom stereocenters. The van der Waals surface area contributed by atoms with Crippen LogP contribution in [0.15, 0.2) is 55.8 Å². The van der Waals surface area contributed by atoms with Gasteiger partial charge in [0.25, 0.3) is 0 Å². The molecule has 3 atom stereocenters. The van der Waals surface area contributed by atoms with Gasteiger partial charge in [0, 0.05) is 28.8 Å². The molecule has 3 aromatic rings. The highest BCUT2D eigenvalue weighted by Gasteiger charge is 2.37. The van der Waals surface area contributed by atoms with Gasteiger partial charge in [-0.3, -0.25) is 0 Å². The molecule has 152 valence electrons. The maximum atomic E-state index is 11.7. The molecule has 8 heteroatoms. The fourth-order valence-corrected chi connectivity index (χ4v) is 3.33. The number of aliphatic hydroxyl groups is 2. The Kier molecular flexibility index (Phi) is 4.68. The predicted molar refractivity (Wildman–Crippen MR) is 103 cm³/mol. The number of fused-ring (bicyclic) bond motifs is 2. The van der Waals surface area contributed by atoms with Gasteiger partial charge in [-0.1, -0.05) is 0 Å². The quantitative estimate of drug-likeness (QED) is 0.478. The molecule has 0 bridgehead atoms. The molecule has 4 rings (SSSR count). The van der Waals surface area contributed by atoms with Gasteiger partial charge in [-0.05, 0) is 38.1 Å². The minimum atomic E-state index is -1.60. The van der Waals surface area contributed by atoms with Crippen LogP contribution in [-0.4, -0.2) is 40.6 Å². The third kappa shape index (κ3) is 3.64. The van der Waals surface area contributed by atoms with Crippen molar-refractivity contribution in [3.05, 3.63) is 52.6 Å². The van der Waals surface area contributed by atoms with Crippen molar-refractivity contribution in [3.8, 4) is 5.75 Å². The number of esters is 1. The van der Waals surface area contributed by atoms with Crippen LogP contribution in [0.1, 0.15) is 20.3 Å². The van der Waals surface area contributed by atoms with E-state index in [4.69, 9.17) is 18.3 Å². The van der Waals surface area contributed by atoms with E-state index < -0.39 is 29.4 Å². The molecular weight excluding hydrogens is 380 g/mol. The first kappa shape index (κ1) is 19.2. The summed E-state index contributed by atoms with van der Waals surface area (Å²) in [6, 6.07) is 6.44.